The first kappa shape index (κ1) is 19.0. The van der Waals surface area contributed by atoms with Gasteiger partial charge in [-0.1, -0.05) is 55.8 Å². The Bertz CT molecular complexity index is 766. The summed E-state index contributed by atoms with van der Waals surface area (Å²) in [5.74, 6) is -0.496. The molecular formula is C20H22ClNO3. The molecule has 0 saturated carbocycles. The molecule has 0 saturated heterocycles. The number of carbonyl (C=O) groups excluding carboxylic acids is 2. The fourth-order valence-electron chi connectivity index (χ4n) is 2.49. The van der Waals surface area contributed by atoms with E-state index in [0.717, 1.165) is 11.1 Å². The maximum atomic E-state index is 12.6. The quantitative estimate of drug-likeness (QED) is 0.639. The van der Waals surface area contributed by atoms with Gasteiger partial charge in [-0.2, -0.15) is 0 Å². The number of ether oxygens (including phenoxy) is 1. The van der Waals surface area contributed by atoms with Crippen LogP contribution >= 0.6 is 11.6 Å². The van der Waals surface area contributed by atoms with Gasteiger partial charge in [0.2, 0.25) is 0 Å². The number of hydrogen-bond acceptors (Lipinski definition) is 3. The molecule has 0 aliphatic heterocycles. The van der Waals surface area contributed by atoms with E-state index < -0.39 is 17.9 Å². The van der Waals surface area contributed by atoms with Crippen molar-refractivity contribution in [2.45, 2.75) is 33.7 Å². The normalized spacial score (nSPS) is 11.9. The third-order valence-electron chi connectivity index (χ3n) is 3.94. The van der Waals surface area contributed by atoms with Crippen LogP contribution in [0.3, 0.4) is 0 Å². The van der Waals surface area contributed by atoms with E-state index in [4.69, 9.17) is 16.3 Å². The van der Waals surface area contributed by atoms with Gasteiger partial charge in [-0.15, -0.1) is 0 Å². The third kappa shape index (κ3) is 4.60. The third-order valence-corrected chi connectivity index (χ3v) is 4.27. The Morgan fingerprint density at radius 3 is 2.16 bits per heavy atom. The van der Waals surface area contributed by atoms with E-state index in [0.29, 0.717) is 16.3 Å². The van der Waals surface area contributed by atoms with E-state index in [-0.39, 0.29) is 5.92 Å². The van der Waals surface area contributed by atoms with Crippen LogP contribution in [0.15, 0.2) is 42.5 Å². The van der Waals surface area contributed by atoms with Crippen molar-refractivity contribution in [1.29, 1.82) is 0 Å². The molecule has 1 amide bonds. The smallest absolute Gasteiger partial charge is 0.334 e. The topological polar surface area (TPSA) is 55.4 Å². The molecule has 2 aromatic rings. The highest BCUT2D eigenvalue weighted by molar-refractivity contribution is 6.33. The first-order valence-electron chi connectivity index (χ1n) is 8.14. The van der Waals surface area contributed by atoms with Gasteiger partial charge in [-0.25, -0.2) is 4.79 Å². The van der Waals surface area contributed by atoms with Gasteiger partial charge in [0.05, 0.1) is 10.6 Å². The van der Waals surface area contributed by atoms with Gasteiger partial charge in [-0.05, 0) is 43.0 Å². The Hall–Kier alpha value is -2.33. The molecule has 1 atom stereocenters. The van der Waals surface area contributed by atoms with Crippen LogP contribution in [0.1, 0.15) is 35.3 Å². The molecule has 0 bridgehead atoms. The van der Waals surface area contributed by atoms with Gasteiger partial charge in [0, 0.05) is 0 Å². The molecular weight excluding hydrogens is 338 g/mol. The average Bonchev–Trinajstić information content (AvgIpc) is 2.56. The number of esters is 1. The minimum atomic E-state index is -0.775. The summed E-state index contributed by atoms with van der Waals surface area (Å²) in [7, 11) is 0. The first-order valence-corrected chi connectivity index (χ1v) is 8.52. The minimum absolute atomic E-state index is 0.136. The molecule has 0 aromatic heterocycles. The Balaban J connectivity index is 2.19. The number of halogens is 1. The van der Waals surface area contributed by atoms with E-state index >= 15 is 0 Å². The van der Waals surface area contributed by atoms with Crippen LogP contribution in [0.25, 0.3) is 0 Å². The number of nitrogens with one attached hydrogen (secondary N) is 1. The Morgan fingerprint density at radius 2 is 1.60 bits per heavy atom. The van der Waals surface area contributed by atoms with Crippen molar-refractivity contribution < 1.29 is 14.3 Å². The predicted octanol–water partition coefficient (Wildman–Crippen LogP) is 4.32. The molecule has 4 nitrogen and oxygen atoms in total. The minimum Gasteiger partial charge on any atom is -0.424 e. The number of aryl methyl sites for hydroxylation is 2. The predicted molar refractivity (Wildman–Crippen MR) is 99.1 cm³/mol. The number of amides is 1. The van der Waals surface area contributed by atoms with Gasteiger partial charge in [0.25, 0.3) is 5.91 Å². The second kappa shape index (κ2) is 8.17. The number of hydrogen-bond donors (Lipinski definition) is 1. The van der Waals surface area contributed by atoms with E-state index in [1.54, 1.807) is 24.3 Å². The molecule has 0 spiro atoms. The van der Waals surface area contributed by atoms with Crippen LogP contribution < -0.4 is 10.1 Å². The van der Waals surface area contributed by atoms with E-state index in [2.05, 4.69) is 5.32 Å². The summed E-state index contributed by atoms with van der Waals surface area (Å²) in [6, 6.07) is 11.6. The van der Waals surface area contributed by atoms with Gasteiger partial charge < -0.3 is 10.1 Å². The van der Waals surface area contributed by atoms with E-state index in [9.17, 15) is 9.59 Å². The summed E-state index contributed by atoms with van der Waals surface area (Å²) in [4.78, 5) is 25.1. The Labute approximate surface area is 153 Å². The lowest BCUT2D eigenvalue weighted by atomic mass is 10.0. The molecule has 5 heteroatoms. The molecule has 0 unspecified atom stereocenters. The first-order chi connectivity index (χ1) is 11.8. The van der Waals surface area contributed by atoms with Crippen molar-refractivity contribution in [3.05, 3.63) is 64.2 Å². The fourth-order valence-corrected chi connectivity index (χ4v) is 2.71. The standard InChI is InChI=1S/C20H22ClNO3/c1-12(2)17(22-19(23)15-10-5-6-11-16(15)21)20(24)25-18-13(3)8-7-9-14(18)4/h5-12,17H,1-4H3,(H,22,23)/t17-/m0/s1. The van der Waals surface area contributed by atoms with Crippen molar-refractivity contribution in [3.8, 4) is 5.75 Å². The molecule has 0 fully saturated rings. The Morgan fingerprint density at radius 1 is 1.00 bits per heavy atom. The highest BCUT2D eigenvalue weighted by atomic mass is 35.5. The largest absolute Gasteiger partial charge is 0.424 e. The van der Waals surface area contributed by atoms with Gasteiger partial charge in [-0.3, -0.25) is 4.79 Å². The van der Waals surface area contributed by atoms with Gasteiger partial charge in [0.15, 0.2) is 0 Å². The van der Waals surface area contributed by atoms with E-state index in [1.165, 1.54) is 0 Å². The summed E-state index contributed by atoms with van der Waals surface area (Å²) in [5, 5.41) is 3.07. The second-order valence-corrected chi connectivity index (χ2v) is 6.72. The van der Waals surface area contributed by atoms with Crippen LogP contribution in [0.4, 0.5) is 0 Å². The van der Waals surface area contributed by atoms with E-state index in [1.807, 2.05) is 45.9 Å². The maximum absolute atomic E-state index is 12.6. The Kier molecular flexibility index (Phi) is 6.21. The van der Waals surface area contributed by atoms with Crippen molar-refractivity contribution in [3.63, 3.8) is 0 Å². The van der Waals surface area contributed by atoms with Gasteiger partial charge in [0.1, 0.15) is 11.8 Å². The number of rotatable bonds is 5. The monoisotopic (exact) mass is 359 g/mol. The molecule has 2 rings (SSSR count). The lowest BCUT2D eigenvalue weighted by Gasteiger charge is -2.22. The molecule has 0 radical (unpaired) electrons. The summed E-state index contributed by atoms with van der Waals surface area (Å²) in [6.07, 6.45) is 0. The summed E-state index contributed by atoms with van der Waals surface area (Å²) >= 11 is 6.06. The molecule has 0 aliphatic rings. The number of benzene rings is 2. The van der Waals surface area contributed by atoms with Crippen LogP contribution in [-0.2, 0) is 4.79 Å². The van der Waals surface area contributed by atoms with Crippen molar-refractivity contribution in [2.75, 3.05) is 0 Å². The lowest BCUT2D eigenvalue weighted by Crippen LogP contribution is -2.46. The highest BCUT2D eigenvalue weighted by Gasteiger charge is 2.28. The van der Waals surface area contributed by atoms with Crippen molar-refractivity contribution >= 4 is 23.5 Å². The summed E-state index contributed by atoms with van der Waals surface area (Å²) in [5.41, 5.74) is 2.07. The second-order valence-electron chi connectivity index (χ2n) is 6.32. The average molecular weight is 360 g/mol. The zero-order valence-electron chi connectivity index (χ0n) is 14.8. The maximum Gasteiger partial charge on any atom is 0.334 e. The zero-order valence-corrected chi connectivity index (χ0v) is 15.6. The van der Waals surface area contributed by atoms with Crippen LogP contribution in [0.2, 0.25) is 5.02 Å². The van der Waals surface area contributed by atoms with Crippen LogP contribution in [0.5, 0.6) is 5.75 Å². The van der Waals surface area contributed by atoms with Crippen LogP contribution in [-0.4, -0.2) is 17.9 Å². The van der Waals surface area contributed by atoms with Crippen molar-refractivity contribution in [2.24, 2.45) is 5.92 Å². The fraction of sp³-hybridized carbons (Fsp3) is 0.300. The van der Waals surface area contributed by atoms with Crippen molar-refractivity contribution in [1.82, 2.24) is 5.32 Å². The molecule has 25 heavy (non-hydrogen) atoms. The van der Waals surface area contributed by atoms with Crippen LogP contribution in [0, 0.1) is 19.8 Å². The SMILES string of the molecule is Cc1cccc(C)c1OC(=O)[C@@H](NC(=O)c1ccccc1Cl)C(C)C. The molecule has 1 N–H and O–H groups in total. The number of carbonyl (C=O) groups is 2. The highest BCUT2D eigenvalue weighted by Crippen LogP contribution is 2.23. The summed E-state index contributed by atoms with van der Waals surface area (Å²) in [6.45, 7) is 7.46. The lowest BCUT2D eigenvalue weighted by molar-refractivity contribution is -0.137. The molecule has 132 valence electrons. The molecule has 0 heterocycles. The zero-order chi connectivity index (χ0) is 18.6. The molecule has 2 aromatic carbocycles. The number of para-hydroxylation sites is 1. The van der Waals surface area contributed by atoms with Gasteiger partial charge >= 0.3 is 5.97 Å². The molecule has 0 aliphatic carbocycles. The summed E-state index contributed by atoms with van der Waals surface area (Å²) < 4.78 is 5.58.